The standard InChI is InChI=1S/C10H17N3O/c1-4-6-12-10(14)8-13(7-5-11)9(2)3/h4,9H,1,6-8H2,2-3H3,(H,12,14). The van der Waals surface area contributed by atoms with Gasteiger partial charge in [0.05, 0.1) is 19.2 Å². The molecule has 0 aliphatic heterocycles. The van der Waals surface area contributed by atoms with Crippen LogP contribution in [0.5, 0.6) is 0 Å². The van der Waals surface area contributed by atoms with E-state index >= 15 is 0 Å². The van der Waals surface area contributed by atoms with Crippen molar-refractivity contribution >= 4 is 5.91 Å². The third-order valence-electron chi connectivity index (χ3n) is 1.79. The average molecular weight is 195 g/mol. The molecule has 4 nitrogen and oxygen atoms in total. The van der Waals surface area contributed by atoms with Gasteiger partial charge in [0.1, 0.15) is 0 Å². The first-order valence-corrected chi connectivity index (χ1v) is 4.60. The van der Waals surface area contributed by atoms with E-state index in [4.69, 9.17) is 5.26 Å². The number of nitrogens with one attached hydrogen (secondary N) is 1. The zero-order chi connectivity index (χ0) is 11.0. The normalized spacial score (nSPS) is 9.93. The number of rotatable bonds is 6. The molecular weight excluding hydrogens is 178 g/mol. The number of nitrogens with zero attached hydrogens (tertiary/aromatic N) is 2. The van der Waals surface area contributed by atoms with Crippen molar-refractivity contribution in [1.82, 2.24) is 10.2 Å². The SMILES string of the molecule is C=CCNC(=O)CN(CC#N)C(C)C. The van der Waals surface area contributed by atoms with E-state index in [2.05, 4.69) is 11.9 Å². The highest BCUT2D eigenvalue weighted by Crippen LogP contribution is 1.95. The van der Waals surface area contributed by atoms with Gasteiger partial charge < -0.3 is 5.32 Å². The summed E-state index contributed by atoms with van der Waals surface area (Å²) in [6.07, 6.45) is 1.63. The fraction of sp³-hybridized carbons (Fsp3) is 0.600. The summed E-state index contributed by atoms with van der Waals surface area (Å²) >= 11 is 0. The lowest BCUT2D eigenvalue weighted by atomic mass is 10.3. The Balaban J connectivity index is 3.97. The summed E-state index contributed by atoms with van der Waals surface area (Å²) in [5.41, 5.74) is 0. The molecule has 0 radical (unpaired) electrons. The quantitative estimate of drug-likeness (QED) is 0.496. The first-order chi connectivity index (χ1) is 6.61. The molecule has 0 saturated carbocycles. The van der Waals surface area contributed by atoms with Gasteiger partial charge in [-0.25, -0.2) is 0 Å². The summed E-state index contributed by atoms with van der Waals surface area (Å²) in [6.45, 7) is 8.42. The number of carbonyl (C=O) groups excluding carboxylic acids is 1. The highest BCUT2D eigenvalue weighted by molar-refractivity contribution is 5.78. The molecule has 0 unspecified atom stereocenters. The Morgan fingerprint density at radius 2 is 2.36 bits per heavy atom. The van der Waals surface area contributed by atoms with Crippen LogP contribution in [0.1, 0.15) is 13.8 Å². The third kappa shape index (κ3) is 5.33. The lowest BCUT2D eigenvalue weighted by Gasteiger charge is -2.22. The minimum atomic E-state index is -0.0751. The van der Waals surface area contributed by atoms with Gasteiger partial charge in [-0.2, -0.15) is 5.26 Å². The molecule has 1 amide bonds. The van der Waals surface area contributed by atoms with Gasteiger partial charge in [-0.3, -0.25) is 9.69 Å². The second-order valence-electron chi connectivity index (χ2n) is 3.25. The van der Waals surface area contributed by atoms with Crippen molar-refractivity contribution in [3.8, 4) is 6.07 Å². The second kappa shape index (κ2) is 7.10. The monoisotopic (exact) mass is 195 g/mol. The first kappa shape index (κ1) is 12.7. The highest BCUT2D eigenvalue weighted by Gasteiger charge is 2.12. The van der Waals surface area contributed by atoms with Crippen LogP contribution in [-0.2, 0) is 4.79 Å². The van der Waals surface area contributed by atoms with E-state index in [0.717, 1.165) is 0 Å². The van der Waals surface area contributed by atoms with Crippen LogP contribution >= 0.6 is 0 Å². The molecule has 0 aliphatic carbocycles. The van der Waals surface area contributed by atoms with Crippen molar-refractivity contribution in [2.24, 2.45) is 0 Å². The molecule has 78 valence electrons. The van der Waals surface area contributed by atoms with Crippen molar-refractivity contribution in [3.05, 3.63) is 12.7 Å². The summed E-state index contributed by atoms with van der Waals surface area (Å²) in [4.78, 5) is 13.1. The van der Waals surface area contributed by atoms with E-state index in [9.17, 15) is 4.79 Å². The van der Waals surface area contributed by atoms with Crippen molar-refractivity contribution in [2.45, 2.75) is 19.9 Å². The molecule has 0 fully saturated rings. The molecule has 4 heteroatoms. The second-order valence-corrected chi connectivity index (χ2v) is 3.25. The van der Waals surface area contributed by atoms with Crippen LogP contribution in [0.3, 0.4) is 0 Å². The Hall–Kier alpha value is -1.34. The van der Waals surface area contributed by atoms with E-state index in [1.54, 1.807) is 11.0 Å². The van der Waals surface area contributed by atoms with E-state index in [1.807, 2.05) is 19.9 Å². The average Bonchev–Trinajstić information content (AvgIpc) is 2.14. The Bertz CT molecular complexity index is 230. The number of nitriles is 1. The van der Waals surface area contributed by atoms with Gasteiger partial charge in [0, 0.05) is 12.6 Å². The smallest absolute Gasteiger partial charge is 0.234 e. The Kier molecular flexibility index (Phi) is 6.42. The van der Waals surface area contributed by atoms with Gasteiger partial charge in [0.2, 0.25) is 5.91 Å². The molecule has 1 N–H and O–H groups in total. The maximum Gasteiger partial charge on any atom is 0.234 e. The van der Waals surface area contributed by atoms with Gasteiger partial charge in [0.25, 0.3) is 0 Å². The zero-order valence-corrected chi connectivity index (χ0v) is 8.79. The van der Waals surface area contributed by atoms with E-state index < -0.39 is 0 Å². The van der Waals surface area contributed by atoms with Crippen LogP contribution in [0.2, 0.25) is 0 Å². The lowest BCUT2D eigenvalue weighted by Crippen LogP contribution is -2.41. The molecule has 0 saturated heterocycles. The molecule has 0 aliphatic rings. The van der Waals surface area contributed by atoms with Gasteiger partial charge in [0.15, 0.2) is 0 Å². The van der Waals surface area contributed by atoms with Gasteiger partial charge in [-0.15, -0.1) is 6.58 Å². The molecule has 0 aromatic carbocycles. The number of amides is 1. The van der Waals surface area contributed by atoms with Crippen molar-refractivity contribution < 1.29 is 4.79 Å². The molecule has 0 spiro atoms. The molecule has 0 aromatic heterocycles. The number of hydrogen-bond donors (Lipinski definition) is 1. The Labute approximate surface area is 85.2 Å². The largest absolute Gasteiger partial charge is 0.352 e. The molecule has 0 bridgehead atoms. The van der Waals surface area contributed by atoms with Crippen molar-refractivity contribution in [2.75, 3.05) is 19.6 Å². The molecular formula is C10H17N3O. The fourth-order valence-corrected chi connectivity index (χ4v) is 0.938. The van der Waals surface area contributed by atoms with Gasteiger partial charge in [-0.05, 0) is 13.8 Å². The molecule has 0 atom stereocenters. The minimum absolute atomic E-state index is 0.0751. The summed E-state index contributed by atoms with van der Waals surface area (Å²) in [7, 11) is 0. The van der Waals surface area contributed by atoms with E-state index in [1.165, 1.54) is 0 Å². The highest BCUT2D eigenvalue weighted by atomic mass is 16.2. The van der Waals surface area contributed by atoms with Crippen LogP contribution in [0.4, 0.5) is 0 Å². The predicted octanol–water partition coefficient (Wildman–Crippen LogP) is 0.523. The molecule has 0 rings (SSSR count). The van der Waals surface area contributed by atoms with Gasteiger partial charge in [-0.1, -0.05) is 6.08 Å². The Morgan fingerprint density at radius 3 is 2.79 bits per heavy atom. The third-order valence-corrected chi connectivity index (χ3v) is 1.79. The van der Waals surface area contributed by atoms with Crippen LogP contribution in [0.15, 0.2) is 12.7 Å². The topological polar surface area (TPSA) is 56.1 Å². The first-order valence-electron chi connectivity index (χ1n) is 4.60. The predicted molar refractivity (Wildman–Crippen MR) is 55.5 cm³/mol. The maximum absolute atomic E-state index is 11.3. The van der Waals surface area contributed by atoms with Crippen LogP contribution in [0.25, 0.3) is 0 Å². The maximum atomic E-state index is 11.3. The van der Waals surface area contributed by atoms with Gasteiger partial charge >= 0.3 is 0 Å². The van der Waals surface area contributed by atoms with Crippen LogP contribution in [-0.4, -0.2) is 36.5 Å². The Morgan fingerprint density at radius 1 is 1.71 bits per heavy atom. The van der Waals surface area contributed by atoms with Crippen molar-refractivity contribution in [3.63, 3.8) is 0 Å². The lowest BCUT2D eigenvalue weighted by molar-refractivity contribution is -0.122. The molecule has 14 heavy (non-hydrogen) atoms. The zero-order valence-electron chi connectivity index (χ0n) is 8.79. The summed E-state index contributed by atoms with van der Waals surface area (Å²) in [6, 6.07) is 2.23. The van der Waals surface area contributed by atoms with Crippen LogP contribution < -0.4 is 5.32 Å². The molecule has 0 aromatic rings. The minimum Gasteiger partial charge on any atom is -0.352 e. The summed E-state index contributed by atoms with van der Waals surface area (Å²) in [5, 5.41) is 11.2. The van der Waals surface area contributed by atoms with Crippen LogP contribution in [0, 0.1) is 11.3 Å². The van der Waals surface area contributed by atoms with E-state index in [0.29, 0.717) is 6.54 Å². The fourth-order valence-electron chi connectivity index (χ4n) is 0.938. The van der Waals surface area contributed by atoms with Crippen molar-refractivity contribution in [1.29, 1.82) is 5.26 Å². The van der Waals surface area contributed by atoms with E-state index in [-0.39, 0.29) is 25.0 Å². The number of carbonyl (C=O) groups is 1. The number of hydrogen-bond acceptors (Lipinski definition) is 3. The summed E-state index contributed by atoms with van der Waals surface area (Å²) in [5.74, 6) is -0.0751. The molecule has 0 heterocycles. The summed E-state index contributed by atoms with van der Waals surface area (Å²) < 4.78 is 0.